The normalized spacial score (nSPS) is 10.4. The van der Waals surface area contributed by atoms with Gasteiger partial charge in [0.2, 0.25) is 0 Å². The van der Waals surface area contributed by atoms with Gasteiger partial charge in [0.15, 0.2) is 5.13 Å². The first-order valence-electron chi connectivity index (χ1n) is 7.56. The lowest BCUT2D eigenvalue weighted by atomic mass is 10.2. The van der Waals surface area contributed by atoms with E-state index in [0.29, 0.717) is 27.3 Å². The SMILES string of the molecule is O=C(Nc1nc(C(=O)NCc2ccc(Cl)cc2)cs1)c1ccc(Cl)cc1. The van der Waals surface area contributed by atoms with E-state index in [0.717, 1.165) is 5.56 Å². The molecule has 0 atom stereocenters. The highest BCUT2D eigenvalue weighted by molar-refractivity contribution is 7.14. The predicted molar refractivity (Wildman–Crippen MR) is 104 cm³/mol. The van der Waals surface area contributed by atoms with Gasteiger partial charge in [-0.2, -0.15) is 0 Å². The summed E-state index contributed by atoms with van der Waals surface area (Å²) >= 11 is 12.8. The van der Waals surface area contributed by atoms with E-state index in [2.05, 4.69) is 15.6 Å². The summed E-state index contributed by atoms with van der Waals surface area (Å²) in [4.78, 5) is 28.5. The second-order valence-corrected chi connectivity index (χ2v) is 7.04. The highest BCUT2D eigenvalue weighted by Crippen LogP contribution is 2.17. The number of carbonyl (C=O) groups is 2. The second kappa shape index (κ2) is 8.31. The van der Waals surface area contributed by atoms with Crippen molar-refractivity contribution in [2.24, 2.45) is 0 Å². The number of benzene rings is 2. The highest BCUT2D eigenvalue weighted by Gasteiger charge is 2.13. The Bertz CT molecular complexity index is 924. The molecule has 3 aromatic rings. The average Bonchev–Trinajstić information content (AvgIpc) is 3.10. The number of hydrogen-bond acceptors (Lipinski definition) is 4. The van der Waals surface area contributed by atoms with Crippen LogP contribution in [0.15, 0.2) is 53.9 Å². The number of amides is 2. The molecule has 1 aromatic heterocycles. The topological polar surface area (TPSA) is 71.1 Å². The summed E-state index contributed by atoms with van der Waals surface area (Å²) in [5.41, 5.74) is 1.63. The standard InChI is InChI=1S/C18H13Cl2N3O2S/c19-13-5-1-11(2-6-13)9-21-17(25)15-10-26-18(22-15)23-16(24)12-3-7-14(20)8-4-12/h1-8,10H,9H2,(H,21,25)(H,22,23,24). The fourth-order valence-corrected chi connectivity index (χ4v) is 3.02. The number of anilines is 1. The van der Waals surface area contributed by atoms with Gasteiger partial charge in [-0.05, 0) is 42.0 Å². The molecule has 0 saturated heterocycles. The van der Waals surface area contributed by atoms with Crippen LogP contribution in [0.3, 0.4) is 0 Å². The van der Waals surface area contributed by atoms with E-state index in [4.69, 9.17) is 23.2 Å². The van der Waals surface area contributed by atoms with Crippen molar-refractivity contribution in [3.8, 4) is 0 Å². The van der Waals surface area contributed by atoms with Gasteiger partial charge >= 0.3 is 0 Å². The molecule has 0 unspecified atom stereocenters. The lowest BCUT2D eigenvalue weighted by Crippen LogP contribution is -2.23. The molecule has 0 fully saturated rings. The van der Waals surface area contributed by atoms with Crippen molar-refractivity contribution in [1.29, 1.82) is 0 Å². The Morgan fingerprint density at radius 2 is 1.54 bits per heavy atom. The molecule has 0 aliphatic heterocycles. The maximum absolute atomic E-state index is 12.2. The molecule has 3 rings (SSSR count). The number of carbonyl (C=O) groups excluding carboxylic acids is 2. The molecule has 1 heterocycles. The van der Waals surface area contributed by atoms with Gasteiger partial charge in [0, 0.05) is 27.5 Å². The van der Waals surface area contributed by atoms with Crippen molar-refractivity contribution in [3.05, 3.63) is 80.8 Å². The molecule has 0 radical (unpaired) electrons. The molecule has 5 nitrogen and oxygen atoms in total. The third kappa shape index (κ3) is 4.82. The number of aromatic nitrogens is 1. The smallest absolute Gasteiger partial charge is 0.271 e. The van der Waals surface area contributed by atoms with Gasteiger partial charge in [-0.25, -0.2) is 4.98 Å². The van der Waals surface area contributed by atoms with Crippen LogP contribution < -0.4 is 10.6 Å². The Morgan fingerprint density at radius 1 is 0.923 bits per heavy atom. The zero-order valence-corrected chi connectivity index (χ0v) is 15.7. The van der Waals surface area contributed by atoms with Crippen LogP contribution in [0.1, 0.15) is 26.4 Å². The molecule has 0 bridgehead atoms. The Hall–Kier alpha value is -2.41. The number of nitrogens with zero attached hydrogens (tertiary/aromatic N) is 1. The first-order chi connectivity index (χ1) is 12.5. The zero-order chi connectivity index (χ0) is 18.5. The van der Waals surface area contributed by atoms with Crippen LogP contribution in [0.4, 0.5) is 5.13 Å². The molecule has 0 spiro atoms. The molecule has 132 valence electrons. The van der Waals surface area contributed by atoms with Crippen LogP contribution >= 0.6 is 34.5 Å². The Morgan fingerprint density at radius 3 is 2.19 bits per heavy atom. The number of hydrogen-bond donors (Lipinski definition) is 2. The summed E-state index contributed by atoms with van der Waals surface area (Å²) in [6.07, 6.45) is 0. The Kier molecular flexibility index (Phi) is 5.88. The summed E-state index contributed by atoms with van der Waals surface area (Å²) in [6.45, 7) is 0.361. The van der Waals surface area contributed by atoms with E-state index in [9.17, 15) is 9.59 Å². The Labute approximate surface area is 164 Å². The van der Waals surface area contributed by atoms with Gasteiger partial charge in [-0.15, -0.1) is 11.3 Å². The van der Waals surface area contributed by atoms with Gasteiger partial charge in [-0.3, -0.25) is 14.9 Å². The zero-order valence-electron chi connectivity index (χ0n) is 13.3. The van der Waals surface area contributed by atoms with Crippen LogP contribution in [0.5, 0.6) is 0 Å². The molecule has 8 heteroatoms. The largest absolute Gasteiger partial charge is 0.347 e. The maximum Gasteiger partial charge on any atom is 0.271 e. The monoisotopic (exact) mass is 405 g/mol. The van der Waals surface area contributed by atoms with Crippen molar-refractivity contribution in [2.75, 3.05) is 5.32 Å². The first-order valence-corrected chi connectivity index (χ1v) is 9.20. The minimum absolute atomic E-state index is 0.246. The summed E-state index contributed by atoms with van der Waals surface area (Å²) in [5, 5.41) is 8.57. The molecule has 2 aromatic carbocycles. The number of thiazole rings is 1. The van der Waals surface area contributed by atoms with Gasteiger partial charge < -0.3 is 5.32 Å². The average molecular weight is 406 g/mol. The summed E-state index contributed by atoms with van der Waals surface area (Å²) in [6, 6.07) is 13.7. The molecule has 0 saturated carbocycles. The van der Waals surface area contributed by atoms with E-state index in [1.807, 2.05) is 12.1 Å². The summed E-state index contributed by atoms with van der Waals surface area (Å²) in [7, 11) is 0. The molecular formula is C18H13Cl2N3O2S. The fourth-order valence-electron chi connectivity index (χ4n) is 2.08. The quantitative estimate of drug-likeness (QED) is 0.649. The molecule has 2 amide bonds. The summed E-state index contributed by atoms with van der Waals surface area (Å²) in [5.74, 6) is -0.632. The van der Waals surface area contributed by atoms with Crippen molar-refractivity contribution < 1.29 is 9.59 Å². The lowest BCUT2D eigenvalue weighted by molar-refractivity contribution is 0.0945. The first kappa shape index (κ1) is 18.4. The third-order valence-corrected chi connectivity index (χ3v) is 4.69. The lowest BCUT2D eigenvalue weighted by Gasteiger charge is -2.04. The molecule has 0 aliphatic rings. The van der Waals surface area contributed by atoms with Crippen molar-refractivity contribution in [2.45, 2.75) is 6.54 Å². The number of rotatable bonds is 5. The minimum Gasteiger partial charge on any atom is -0.347 e. The van der Waals surface area contributed by atoms with Crippen molar-refractivity contribution >= 4 is 51.5 Å². The van der Waals surface area contributed by atoms with Crippen LogP contribution in [0.2, 0.25) is 10.0 Å². The van der Waals surface area contributed by atoms with E-state index in [-0.39, 0.29) is 17.5 Å². The van der Waals surface area contributed by atoms with Crippen LogP contribution in [0, 0.1) is 0 Å². The molecule has 2 N–H and O–H groups in total. The fraction of sp³-hybridized carbons (Fsp3) is 0.0556. The summed E-state index contributed by atoms with van der Waals surface area (Å²) < 4.78 is 0. The number of halogens is 2. The van der Waals surface area contributed by atoms with Crippen molar-refractivity contribution in [3.63, 3.8) is 0 Å². The molecule has 0 aliphatic carbocycles. The van der Waals surface area contributed by atoms with Gasteiger partial charge in [-0.1, -0.05) is 35.3 Å². The highest BCUT2D eigenvalue weighted by atomic mass is 35.5. The van der Waals surface area contributed by atoms with Crippen molar-refractivity contribution in [1.82, 2.24) is 10.3 Å². The number of nitrogens with one attached hydrogen (secondary N) is 2. The van der Waals surface area contributed by atoms with E-state index in [1.54, 1.807) is 41.8 Å². The van der Waals surface area contributed by atoms with Crippen LogP contribution in [0.25, 0.3) is 0 Å². The second-order valence-electron chi connectivity index (χ2n) is 5.31. The predicted octanol–water partition coefficient (Wildman–Crippen LogP) is 4.63. The third-order valence-electron chi connectivity index (χ3n) is 3.43. The van der Waals surface area contributed by atoms with Crippen LogP contribution in [-0.4, -0.2) is 16.8 Å². The maximum atomic E-state index is 12.2. The van der Waals surface area contributed by atoms with E-state index in [1.165, 1.54) is 11.3 Å². The molecular weight excluding hydrogens is 393 g/mol. The van der Waals surface area contributed by atoms with Crippen LogP contribution in [-0.2, 0) is 6.54 Å². The molecule has 26 heavy (non-hydrogen) atoms. The van der Waals surface area contributed by atoms with E-state index < -0.39 is 0 Å². The van der Waals surface area contributed by atoms with Gasteiger partial charge in [0.1, 0.15) is 5.69 Å². The van der Waals surface area contributed by atoms with E-state index >= 15 is 0 Å². The van der Waals surface area contributed by atoms with Gasteiger partial charge in [0.25, 0.3) is 11.8 Å². The van der Waals surface area contributed by atoms with Gasteiger partial charge in [0.05, 0.1) is 0 Å². The minimum atomic E-state index is -0.316. The Balaban J connectivity index is 1.58.